The minimum absolute atomic E-state index is 0.0325. The van der Waals surface area contributed by atoms with Gasteiger partial charge in [-0.2, -0.15) is 23.5 Å². The van der Waals surface area contributed by atoms with Crippen LogP contribution < -0.4 is 15.4 Å². The van der Waals surface area contributed by atoms with Crippen molar-refractivity contribution in [3.63, 3.8) is 0 Å². The Balaban J connectivity index is 1.13. The van der Waals surface area contributed by atoms with E-state index in [0.29, 0.717) is 44.6 Å². The van der Waals surface area contributed by atoms with Crippen molar-refractivity contribution in [3.05, 3.63) is 81.4 Å². The van der Waals surface area contributed by atoms with Crippen LogP contribution in [0.2, 0.25) is 0 Å². The fourth-order valence-electron chi connectivity index (χ4n) is 6.20. The number of fused-ring (bicyclic) bond motifs is 1. The van der Waals surface area contributed by atoms with Crippen LogP contribution in [-0.4, -0.2) is 64.4 Å². The number of nitriles is 1. The number of aromatic nitrogens is 3. The molecule has 2 aromatic heterocycles. The van der Waals surface area contributed by atoms with Crippen molar-refractivity contribution < 1.29 is 22.7 Å². The lowest BCUT2D eigenvalue weighted by Gasteiger charge is -2.36. The Bertz CT molecular complexity index is 1560. The molecule has 2 saturated heterocycles. The number of nitrogens with zero attached hydrogens (tertiary/aromatic N) is 6. The highest BCUT2D eigenvalue weighted by Crippen LogP contribution is 2.46. The van der Waals surface area contributed by atoms with Gasteiger partial charge in [0.1, 0.15) is 17.5 Å². The van der Waals surface area contributed by atoms with E-state index in [2.05, 4.69) is 21.1 Å². The molecule has 5 heterocycles. The molecule has 3 aromatic rings. The highest BCUT2D eigenvalue weighted by molar-refractivity contribution is 5.77. The van der Waals surface area contributed by atoms with Gasteiger partial charge in [-0.1, -0.05) is 24.3 Å². The molecule has 3 aliphatic heterocycles. The molecule has 3 aliphatic rings. The number of amides is 1. The van der Waals surface area contributed by atoms with Crippen molar-refractivity contribution in [2.24, 2.45) is 0 Å². The van der Waals surface area contributed by atoms with Crippen LogP contribution in [0.4, 0.5) is 24.7 Å². The van der Waals surface area contributed by atoms with Crippen molar-refractivity contribution in [1.29, 1.82) is 5.26 Å². The number of aromatic amines is 1. The molecule has 1 aromatic carbocycles. The fraction of sp³-hybridized carbons (Fsp3) is 0.414. The van der Waals surface area contributed by atoms with E-state index in [1.54, 1.807) is 21.9 Å². The molecule has 6 rings (SSSR count). The molecule has 0 radical (unpaired) electrons. The number of hydrogen-bond donors (Lipinski definition) is 1. The standard InChI is InChI=1S/C29H28F3N7O3/c30-29(31,32)26-22(16-35-36-28(26)41)39-17-19-3-1-2-4-21(19)27(39)23-7-6-20(42-23)13-25(40)38-11-9-37(10-12-38)24-8-5-18(14-33)15-34-24/h1-5,8,15-16,20,23,27H,6-7,9-13,17H2,(H,36,41)/t20-,23-,27+/m1/s1. The third-order valence-electron chi connectivity index (χ3n) is 8.21. The van der Waals surface area contributed by atoms with Gasteiger partial charge in [-0.25, -0.2) is 10.1 Å². The summed E-state index contributed by atoms with van der Waals surface area (Å²) >= 11 is 0. The minimum atomic E-state index is -4.86. The Morgan fingerprint density at radius 1 is 1.10 bits per heavy atom. The molecule has 0 aliphatic carbocycles. The number of hydrogen-bond acceptors (Lipinski definition) is 8. The second-order valence-electron chi connectivity index (χ2n) is 10.7. The molecule has 218 valence electrons. The molecule has 3 atom stereocenters. The molecule has 0 saturated carbocycles. The Hall–Kier alpha value is -4.44. The van der Waals surface area contributed by atoms with E-state index >= 15 is 0 Å². The average molecular weight is 580 g/mol. The molecule has 42 heavy (non-hydrogen) atoms. The number of benzene rings is 1. The van der Waals surface area contributed by atoms with E-state index in [-0.39, 0.29) is 30.7 Å². The monoisotopic (exact) mass is 579 g/mol. The van der Waals surface area contributed by atoms with Gasteiger partial charge in [-0.15, -0.1) is 0 Å². The number of carbonyl (C=O) groups excluding carboxylic acids is 1. The second kappa shape index (κ2) is 11.1. The Kier molecular flexibility index (Phi) is 7.32. The maximum Gasteiger partial charge on any atom is 0.423 e. The fourth-order valence-corrected chi connectivity index (χ4v) is 6.20. The lowest BCUT2D eigenvalue weighted by atomic mass is 9.98. The number of carbonyl (C=O) groups is 1. The zero-order valence-electron chi connectivity index (χ0n) is 22.5. The first-order valence-corrected chi connectivity index (χ1v) is 13.8. The van der Waals surface area contributed by atoms with Crippen molar-refractivity contribution in [2.75, 3.05) is 36.0 Å². The quantitative estimate of drug-likeness (QED) is 0.489. The summed E-state index contributed by atoms with van der Waals surface area (Å²) in [5.41, 5.74) is -0.674. The molecular weight excluding hydrogens is 551 g/mol. The van der Waals surface area contributed by atoms with E-state index in [0.717, 1.165) is 23.1 Å². The van der Waals surface area contributed by atoms with Crippen LogP contribution in [0.3, 0.4) is 0 Å². The predicted molar refractivity (Wildman–Crippen MR) is 145 cm³/mol. The molecular formula is C29H28F3N7O3. The minimum Gasteiger partial charge on any atom is -0.372 e. The second-order valence-corrected chi connectivity index (χ2v) is 10.7. The number of nitrogens with one attached hydrogen (secondary N) is 1. The summed E-state index contributed by atoms with van der Waals surface area (Å²) in [4.78, 5) is 35.2. The first kappa shape index (κ1) is 27.7. The Labute approximate surface area is 239 Å². The lowest BCUT2D eigenvalue weighted by Crippen LogP contribution is -2.49. The third-order valence-corrected chi connectivity index (χ3v) is 8.21. The summed E-state index contributed by atoms with van der Waals surface area (Å²) in [5.74, 6) is 0.726. The third kappa shape index (κ3) is 5.30. The summed E-state index contributed by atoms with van der Waals surface area (Å²) in [5, 5.41) is 14.6. The summed E-state index contributed by atoms with van der Waals surface area (Å²) in [6.45, 7) is 2.44. The van der Waals surface area contributed by atoms with Gasteiger partial charge in [0.2, 0.25) is 5.91 Å². The Morgan fingerprint density at radius 3 is 2.60 bits per heavy atom. The van der Waals surface area contributed by atoms with E-state index < -0.39 is 29.4 Å². The van der Waals surface area contributed by atoms with Gasteiger partial charge >= 0.3 is 6.18 Å². The van der Waals surface area contributed by atoms with Gasteiger partial charge in [0.15, 0.2) is 0 Å². The smallest absolute Gasteiger partial charge is 0.372 e. The van der Waals surface area contributed by atoms with E-state index in [4.69, 9.17) is 10.00 Å². The first-order chi connectivity index (χ1) is 20.2. The van der Waals surface area contributed by atoms with Crippen LogP contribution in [0.5, 0.6) is 0 Å². The van der Waals surface area contributed by atoms with Gasteiger partial charge in [-0.3, -0.25) is 9.59 Å². The van der Waals surface area contributed by atoms with Crippen LogP contribution in [0.15, 0.2) is 53.6 Å². The van der Waals surface area contributed by atoms with Gasteiger partial charge in [0.25, 0.3) is 5.56 Å². The van der Waals surface area contributed by atoms with Gasteiger partial charge < -0.3 is 19.4 Å². The van der Waals surface area contributed by atoms with Crippen LogP contribution in [-0.2, 0) is 22.3 Å². The zero-order valence-corrected chi connectivity index (χ0v) is 22.5. The summed E-state index contributed by atoms with van der Waals surface area (Å²) in [6, 6.07) is 12.4. The molecule has 2 fully saturated rings. The lowest BCUT2D eigenvalue weighted by molar-refractivity contribution is -0.138. The normalized spacial score (nSPS) is 22.2. The number of piperazine rings is 1. The molecule has 13 heteroatoms. The largest absolute Gasteiger partial charge is 0.423 e. The van der Waals surface area contributed by atoms with Crippen LogP contribution >= 0.6 is 0 Å². The van der Waals surface area contributed by atoms with Crippen LogP contribution in [0.1, 0.15) is 47.6 Å². The number of anilines is 2. The maximum absolute atomic E-state index is 14.0. The maximum atomic E-state index is 14.0. The van der Waals surface area contributed by atoms with Gasteiger partial charge in [-0.05, 0) is 36.1 Å². The molecule has 0 spiro atoms. The summed E-state index contributed by atoms with van der Waals surface area (Å²) in [7, 11) is 0. The summed E-state index contributed by atoms with van der Waals surface area (Å²) < 4.78 is 48.3. The van der Waals surface area contributed by atoms with Crippen molar-refractivity contribution in [3.8, 4) is 6.07 Å². The zero-order chi connectivity index (χ0) is 29.4. The number of pyridine rings is 1. The average Bonchev–Trinajstić information content (AvgIpc) is 3.61. The predicted octanol–water partition coefficient (Wildman–Crippen LogP) is 3.40. The number of halogens is 3. The SMILES string of the molecule is N#Cc1ccc(N2CCN(C(=O)C[C@H]3CC[C@H]([C@@H]4c5ccccc5CN4c4cn[nH]c(=O)c4C(F)(F)F)O3)CC2)nc1. The number of rotatable bonds is 5. The first-order valence-electron chi connectivity index (χ1n) is 13.8. The van der Waals surface area contributed by atoms with E-state index in [1.807, 2.05) is 29.4 Å². The van der Waals surface area contributed by atoms with E-state index in [1.165, 1.54) is 6.20 Å². The number of alkyl halides is 3. The molecule has 1 N–H and O–H groups in total. The van der Waals surface area contributed by atoms with Crippen molar-refractivity contribution >= 4 is 17.4 Å². The van der Waals surface area contributed by atoms with Crippen LogP contribution in [0, 0.1) is 11.3 Å². The topological polar surface area (TPSA) is 118 Å². The molecule has 0 bridgehead atoms. The van der Waals surface area contributed by atoms with E-state index in [9.17, 15) is 22.8 Å². The number of ether oxygens (including phenoxy) is 1. The van der Waals surface area contributed by atoms with Gasteiger partial charge in [0.05, 0.1) is 42.1 Å². The van der Waals surface area contributed by atoms with Crippen molar-refractivity contribution in [1.82, 2.24) is 20.1 Å². The summed E-state index contributed by atoms with van der Waals surface area (Å²) in [6.07, 6.45) is -1.79. The highest BCUT2D eigenvalue weighted by atomic mass is 19.4. The highest BCUT2D eigenvalue weighted by Gasteiger charge is 2.45. The van der Waals surface area contributed by atoms with Gasteiger partial charge in [0, 0.05) is 38.9 Å². The molecule has 1 amide bonds. The van der Waals surface area contributed by atoms with Crippen LogP contribution in [0.25, 0.3) is 0 Å². The number of H-pyrrole nitrogens is 1. The molecule has 10 nitrogen and oxygen atoms in total. The molecule has 0 unspecified atom stereocenters. The van der Waals surface area contributed by atoms with Crippen molar-refractivity contribution in [2.45, 2.75) is 50.2 Å². The Morgan fingerprint density at radius 2 is 1.88 bits per heavy atom.